The number of aliphatic carboxylic acids is 1. The van der Waals surface area contributed by atoms with Gasteiger partial charge >= 0.3 is 5.97 Å². The molecule has 2 unspecified atom stereocenters. The van der Waals surface area contributed by atoms with Gasteiger partial charge in [-0.3, -0.25) is 9.11 Å². The zero-order chi connectivity index (χ0) is 23.3. The largest absolute Gasteiger partial charge is 0.476 e. The first-order valence-electron chi connectivity index (χ1n) is 10.5. The van der Waals surface area contributed by atoms with Gasteiger partial charge in [0.1, 0.15) is 12.0 Å². The Bertz CT molecular complexity index is 978. The standard InChI is InChI=1S/C24H29FO5S2/c1-3-4-8-16-11-18(17-9-6-5-7-10-17)19-12-22(31-2)21(30-14-20(25)24(26)27)13-23(19)32(28,29)15-16/h5-7,9-10,12-14,16,18,28-29H,3-4,8,11,15H2,1-2H3,(H,26,27)/b20-14-. The summed E-state index contributed by atoms with van der Waals surface area (Å²) in [5, 5.41) is 8.76. The molecule has 0 aromatic heterocycles. The number of benzene rings is 2. The van der Waals surface area contributed by atoms with Crippen LogP contribution >= 0.6 is 22.4 Å². The summed E-state index contributed by atoms with van der Waals surface area (Å²) in [5.41, 5.74) is 1.93. The number of fused-ring (bicyclic) bond motifs is 1. The maximum Gasteiger partial charge on any atom is 0.368 e. The van der Waals surface area contributed by atoms with Gasteiger partial charge in [0.15, 0.2) is 0 Å². The second-order valence-corrected chi connectivity index (χ2v) is 10.9. The number of unbranched alkanes of at least 4 members (excludes halogenated alkanes) is 1. The third-order valence-corrected chi connectivity index (χ3v) is 8.48. The van der Waals surface area contributed by atoms with Crippen LogP contribution < -0.4 is 4.74 Å². The van der Waals surface area contributed by atoms with Gasteiger partial charge in [-0.05, 0) is 42.2 Å². The molecule has 2 aromatic rings. The molecule has 5 nitrogen and oxygen atoms in total. The van der Waals surface area contributed by atoms with Crippen molar-refractivity contribution in [1.29, 1.82) is 0 Å². The molecule has 174 valence electrons. The average Bonchev–Trinajstić information content (AvgIpc) is 2.89. The van der Waals surface area contributed by atoms with E-state index in [1.807, 2.05) is 30.5 Å². The first-order valence-corrected chi connectivity index (χ1v) is 13.5. The molecule has 8 heteroatoms. The van der Waals surface area contributed by atoms with E-state index in [1.165, 1.54) is 11.8 Å². The molecule has 1 heterocycles. The molecule has 0 amide bonds. The number of carbonyl (C=O) groups is 1. The molecule has 2 aromatic carbocycles. The quantitative estimate of drug-likeness (QED) is 0.212. The molecule has 0 fully saturated rings. The highest BCUT2D eigenvalue weighted by Gasteiger charge is 2.35. The van der Waals surface area contributed by atoms with Gasteiger partial charge in [0.05, 0.1) is 9.79 Å². The highest BCUT2D eigenvalue weighted by Crippen LogP contribution is 2.59. The molecule has 1 aliphatic rings. The van der Waals surface area contributed by atoms with E-state index in [-0.39, 0.29) is 23.3 Å². The summed E-state index contributed by atoms with van der Waals surface area (Å²) in [6, 6.07) is 13.4. The number of hydrogen-bond donors (Lipinski definition) is 3. The van der Waals surface area contributed by atoms with Crippen molar-refractivity contribution in [3.63, 3.8) is 0 Å². The van der Waals surface area contributed by atoms with E-state index in [0.717, 1.165) is 36.8 Å². The zero-order valence-electron chi connectivity index (χ0n) is 18.2. The van der Waals surface area contributed by atoms with Crippen LogP contribution in [-0.4, -0.2) is 32.2 Å². The Balaban J connectivity index is 2.13. The lowest BCUT2D eigenvalue weighted by Gasteiger charge is -2.35. The summed E-state index contributed by atoms with van der Waals surface area (Å²) in [7, 11) is -3.12. The number of ether oxygens (including phenoxy) is 1. The van der Waals surface area contributed by atoms with Crippen molar-refractivity contribution in [3.8, 4) is 5.75 Å². The zero-order valence-corrected chi connectivity index (χ0v) is 19.8. The highest BCUT2D eigenvalue weighted by atomic mass is 32.3. The Morgan fingerprint density at radius 3 is 2.62 bits per heavy atom. The molecule has 3 rings (SSSR count). The van der Waals surface area contributed by atoms with Gasteiger partial charge in [0.25, 0.3) is 0 Å². The number of carboxylic acids is 1. The van der Waals surface area contributed by atoms with Gasteiger partial charge in [-0.15, -0.1) is 11.8 Å². The lowest BCUT2D eigenvalue weighted by molar-refractivity contribution is -0.134. The monoisotopic (exact) mass is 480 g/mol. The number of rotatable bonds is 8. The van der Waals surface area contributed by atoms with E-state index in [1.54, 1.807) is 6.07 Å². The maximum atomic E-state index is 13.5. The summed E-state index contributed by atoms with van der Waals surface area (Å²) in [6.07, 6.45) is 6.13. The summed E-state index contributed by atoms with van der Waals surface area (Å²) >= 11 is 1.37. The van der Waals surface area contributed by atoms with Crippen molar-refractivity contribution in [3.05, 3.63) is 65.7 Å². The van der Waals surface area contributed by atoms with Crippen LogP contribution in [0.1, 0.15) is 49.7 Å². The van der Waals surface area contributed by atoms with Crippen molar-refractivity contribution in [2.45, 2.75) is 48.3 Å². The predicted molar refractivity (Wildman–Crippen MR) is 128 cm³/mol. The second-order valence-electron chi connectivity index (χ2n) is 7.97. The third kappa shape index (κ3) is 5.67. The normalized spacial score (nSPS) is 21.3. The molecule has 2 atom stereocenters. The average molecular weight is 481 g/mol. The van der Waals surface area contributed by atoms with Gasteiger partial charge in [0.2, 0.25) is 5.83 Å². The number of carboxylic acid groups (broad SMARTS) is 1. The van der Waals surface area contributed by atoms with Crippen LogP contribution in [0, 0.1) is 5.92 Å². The van der Waals surface area contributed by atoms with Crippen molar-refractivity contribution in [2.75, 3.05) is 12.0 Å². The lowest BCUT2D eigenvalue weighted by Crippen LogP contribution is -2.13. The van der Waals surface area contributed by atoms with Crippen LogP contribution in [0.3, 0.4) is 0 Å². The maximum absolute atomic E-state index is 13.5. The summed E-state index contributed by atoms with van der Waals surface area (Å²) in [5.74, 6) is -2.57. The molecule has 0 saturated heterocycles. The predicted octanol–water partition coefficient (Wildman–Crippen LogP) is 7.13. The van der Waals surface area contributed by atoms with Crippen LogP contribution in [-0.2, 0) is 4.79 Å². The van der Waals surface area contributed by atoms with Crippen LogP contribution in [0.4, 0.5) is 4.39 Å². The molecular weight excluding hydrogens is 451 g/mol. The van der Waals surface area contributed by atoms with E-state index in [2.05, 4.69) is 19.1 Å². The minimum absolute atomic E-state index is 0.0204. The van der Waals surface area contributed by atoms with Crippen molar-refractivity contribution in [2.24, 2.45) is 5.92 Å². The van der Waals surface area contributed by atoms with Gasteiger partial charge in [-0.25, -0.2) is 4.79 Å². The minimum Gasteiger partial charge on any atom is -0.476 e. The third-order valence-electron chi connectivity index (χ3n) is 5.72. The molecule has 0 bridgehead atoms. The van der Waals surface area contributed by atoms with Crippen molar-refractivity contribution in [1.82, 2.24) is 0 Å². The fraction of sp³-hybridized carbons (Fsp3) is 0.375. The van der Waals surface area contributed by atoms with E-state index >= 15 is 0 Å². The SMILES string of the molecule is CCCCC1CC(c2ccccc2)c2cc(SC)c(O/C=C(\F)C(=O)O)cc2S(O)(O)C1. The van der Waals surface area contributed by atoms with Crippen LogP contribution in [0.15, 0.2) is 64.3 Å². The van der Waals surface area contributed by atoms with Gasteiger partial charge in [-0.1, -0.05) is 50.1 Å². The molecule has 1 aliphatic heterocycles. The summed E-state index contributed by atoms with van der Waals surface area (Å²) in [4.78, 5) is 11.8. The van der Waals surface area contributed by atoms with Gasteiger partial charge < -0.3 is 9.84 Å². The van der Waals surface area contributed by atoms with E-state index in [0.29, 0.717) is 16.1 Å². The Kier molecular flexibility index (Phi) is 8.27. The van der Waals surface area contributed by atoms with Crippen molar-refractivity contribution >= 4 is 28.3 Å². The summed E-state index contributed by atoms with van der Waals surface area (Å²) < 4.78 is 41.2. The Labute approximate surface area is 194 Å². The second kappa shape index (κ2) is 10.7. The lowest BCUT2D eigenvalue weighted by atomic mass is 9.82. The first-order chi connectivity index (χ1) is 15.3. The van der Waals surface area contributed by atoms with Gasteiger partial charge in [0, 0.05) is 17.7 Å². The number of thioether (sulfide) groups is 1. The fourth-order valence-corrected chi connectivity index (χ4v) is 6.74. The highest BCUT2D eigenvalue weighted by molar-refractivity contribution is 8.24. The smallest absolute Gasteiger partial charge is 0.368 e. The molecule has 32 heavy (non-hydrogen) atoms. The van der Waals surface area contributed by atoms with Crippen LogP contribution in [0.25, 0.3) is 0 Å². The van der Waals surface area contributed by atoms with Crippen molar-refractivity contribution < 1.29 is 28.1 Å². The Hall–Kier alpha value is -2.00. The van der Waals surface area contributed by atoms with E-state index in [9.17, 15) is 18.3 Å². The van der Waals surface area contributed by atoms with Crippen LogP contribution in [0.2, 0.25) is 0 Å². The molecule has 0 aliphatic carbocycles. The molecule has 0 spiro atoms. The fourth-order valence-electron chi connectivity index (χ4n) is 4.17. The first kappa shape index (κ1) is 24.6. The number of hydrogen-bond acceptors (Lipinski definition) is 5. The topological polar surface area (TPSA) is 87.0 Å². The summed E-state index contributed by atoms with van der Waals surface area (Å²) in [6.45, 7) is 2.12. The van der Waals surface area contributed by atoms with Gasteiger partial charge in [-0.2, -0.15) is 15.0 Å². The molecule has 0 radical (unpaired) electrons. The van der Waals surface area contributed by atoms with E-state index in [4.69, 9.17) is 9.84 Å². The minimum atomic E-state index is -3.12. The molecule has 3 N–H and O–H groups in total. The number of halogens is 1. The molecule has 0 saturated carbocycles. The Morgan fingerprint density at radius 2 is 2.00 bits per heavy atom. The van der Waals surface area contributed by atoms with E-state index < -0.39 is 22.4 Å². The Morgan fingerprint density at radius 1 is 1.28 bits per heavy atom. The van der Waals surface area contributed by atoms with Crippen LogP contribution in [0.5, 0.6) is 5.75 Å². The molecular formula is C24H29FO5S2.